The predicted molar refractivity (Wildman–Crippen MR) is 298 cm³/mol. The maximum atomic E-state index is 16.0. The Hall–Kier alpha value is -7.06. The molecule has 80 heavy (non-hydrogen) atoms. The van der Waals surface area contributed by atoms with Gasteiger partial charge in [0, 0.05) is 27.5 Å². The summed E-state index contributed by atoms with van der Waals surface area (Å²) in [5.74, 6) is -12.6. The van der Waals surface area contributed by atoms with E-state index in [2.05, 4.69) is 92.3 Å². The van der Waals surface area contributed by atoms with Gasteiger partial charge in [-0.25, -0.2) is 39.2 Å². The Kier molecular flexibility index (Phi) is 18.7. The number of fused-ring (bicyclic) bond motifs is 2. The number of hydrogen-bond donors (Lipinski definition) is 2. The van der Waals surface area contributed by atoms with E-state index in [0.717, 1.165) is 39.1 Å². The average molecular weight is 1160 g/mol. The van der Waals surface area contributed by atoms with Gasteiger partial charge in [-0.3, -0.25) is 9.59 Å². The van der Waals surface area contributed by atoms with E-state index < -0.39 is 101 Å². The highest BCUT2D eigenvalue weighted by Gasteiger charge is 2.39. The van der Waals surface area contributed by atoms with Crippen LogP contribution in [0.4, 0.5) is 17.6 Å². The van der Waals surface area contributed by atoms with Crippen LogP contribution in [0.1, 0.15) is 142 Å². The Morgan fingerprint density at radius 1 is 0.675 bits per heavy atom. The third-order valence-electron chi connectivity index (χ3n) is 13.3. The van der Waals surface area contributed by atoms with E-state index in [1.165, 1.54) is 40.4 Å². The molecular formula is C61H61F4NO11S3. The molecule has 1 unspecified atom stereocenters. The summed E-state index contributed by atoms with van der Waals surface area (Å²) in [5, 5.41) is 8.50. The number of esters is 2. The highest BCUT2D eigenvalue weighted by molar-refractivity contribution is 8.04. The number of aliphatic carboxylic acids is 1. The maximum Gasteiger partial charge on any atom is 0.333 e. The van der Waals surface area contributed by atoms with Crippen molar-refractivity contribution in [2.75, 3.05) is 13.2 Å². The smallest absolute Gasteiger partial charge is 0.333 e. The van der Waals surface area contributed by atoms with Crippen LogP contribution in [-0.4, -0.2) is 58.3 Å². The van der Waals surface area contributed by atoms with Gasteiger partial charge in [0.15, 0.2) is 28.2 Å². The zero-order valence-electron chi connectivity index (χ0n) is 45.5. The monoisotopic (exact) mass is 1160 g/mol. The van der Waals surface area contributed by atoms with E-state index in [1.54, 1.807) is 12.1 Å². The number of thioether (sulfide) groups is 1. The lowest BCUT2D eigenvalue weighted by molar-refractivity contribution is -0.151. The van der Waals surface area contributed by atoms with E-state index in [9.17, 15) is 36.3 Å². The lowest BCUT2D eigenvalue weighted by atomic mass is 9.85. The molecule has 7 rings (SSSR count). The van der Waals surface area contributed by atoms with Crippen molar-refractivity contribution in [2.24, 2.45) is 0 Å². The van der Waals surface area contributed by atoms with E-state index in [4.69, 9.17) is 14.2 Å². The Morgan fingerprint density at radius 2 is 1.24 bits per heavy atom. The molecule has 6 aromatic rings. The summed E-state index contributed by atoms with van der Waals surface area (Å²) >= 11 is -0.335. The lowest BCUT2D eigenvalue weighted by Crippen LogP contribution is -2.33. The van der Waals surface area contributed by atoms with Gasteiger partial charge in [-0.05, 0) is 112 Å². The molecule has 0 fully saturated rings. The van der Waals surface area contributed by atoms with Crippen molar-refractivity contribution in [1.82, 2.24) is 4.13 Å². The second-order valence-electron chi connectivity index (χ2n) is 20.6. The molecule has 19 heteroatoms. The molecule has 1 atom stereocenters. The Bertz CT molecular complexity index is 3740. The molecular weight excluding hydrogens is 1090 g/mol. The minimum atomic E-state index is -6.11. The average Bonchev–Trinajstić information content (AvgIpc) is 3.60. The van der Waals surface area contributed by atoms with Crippen LogP contribution >= 0.6 is 11.8 Å². The molecule has 0 spiro atoms. The van der Waals surface area contributed by atoms with Crippen molar-refractivity contribution in [3.05, 3.63) is 193 Å². The molecule has 0 saturated carbocycles. The van der Waals surface area contributed by atoms with Crippen LogP contribution in [0.15, 0.2) is 124 Å². The number of carbonyl (C=O) groups excluding carboxylic acids is 2. The minimum absolute atomic E-state index is 0.00136. The number of carbonyl (C=O) groups is 3. The lowest BCUT2D eigenvalue weighted by Gasteiger charge is -2.24. The van der Waals surface area contributed by atoms with Crippen molar-refractivity contribution in [1.29, 1.82) is 0 Å². The maximum absolute atomic E-state index is 16.0. The Morgan fingerprint density at radius 3 is 1.80 bits per heavy atom. The van der Waals surface area contributed by atoms with Crippen molar-refractivity contribution in [3.63, 3.8) is 0 Å². The molecule has 0 radical (unpaired) electrons. The third-order valence-corrected chi connectivity index (χ3v) is 18.1. The van der Waals surface area contributed by atoms with Crippen molar-refractivity contribution in [3.8, 4) is 11.5 Å². The number of halogens is 4. The Balaban J connectivity index is 1.34. The standard InChI is InChI=1S/C61H61F4NO11S3/c1-32(2)39-16-13-17-40(33(3)4)46(39)27-37-21-23-43-48(29-37)77-49-30-38(28-47-41(34(5)6)18-14-19-42(47)35(7)8)22-24-44(49)53(43)45-15-11-12-20-51(45)79(71,72)66-80(73,74)59-56(64)54(62)58(55(63)57(59)65)78-50(31-52(67)68)61(70)76-26-25-75-60(69)36(9)10/h11-24,27,29-30,32-35,50,66H,9,25-26,28,31H2,1-8,10H3,(H,67,68)/b37-27+. The molecule has 6 aromatic carbocycles. The van der Waals surface area contributed by atoms with Gasteiger partial charge in [0.05, 0.1) is 16.2 Å². The Labute approximate surface area is 467 Å². The molecule has 0 amide bonds. The van der Waals surface area contributed by atoms with Crippen LogP contribution in [0.25, 0.3) is 11.6 Å². The minimum Gasteiger partial charge on any atom is -0.481 e. The summed E-state index contributed by atoms with van der Waals surface area (Å²) < 4.78 is 139. The van der Waals surface area contributed by atoms with Crippen molar-refractivity contribution >= 4 is 61.4 Å². The number of ether oxygens (including phenoxy) is 3. The molecule has 0 bridgehead atoms. The van der Waals surface area contributed by atoms with Crippen LogP contribution in [0, 0.1) is 23.3 Å². The highest BCUT2D eigenvalue weighted by atomic mass is 32.3. The zero-order valence-corrected chi connectivity index (χ0v) is 48.0. The van der Waals surface area contributed by atoms with E-state index in [-0.39, 0.29) is 52.1 Å². The van der Waals surface area contributed by atoms with Crippen LogP contribution in [0.2, 0.25) is 0 Å². The first-order chi connectivity index (χ1) is 37.6. The fraction of sp³-hybridized carbons (Fsp3) is 0.295. The molecule has 1 aliphatic heterocycles. The highest BCUT2D eigenvalue weighted by Crippen LogP contribution is 2.41. The summed E-state index contributed by atoms with van der Waals surface area (Å²) in [6.45, 7) is 20.4. The summed E-state index contributed by atoms with van der Waals surface area (Å²) in [7, 11) is -11.6. The molecule has 422 valence electrons. The first kappa shape index (κ1) is 60.6. The number of carboxylic acid groups (broad SMARTS) is 1. The number of benzene rings is 6. The number of sulfonamides is 2. The number of nitrogens with one attached hydrogen (secondary N) is 1. The summed E-state index contributed by atoms with van der Waals surface area (Å²) in [6.07, 6.45) is 1.37. The van der Waals surface area contributed by atoms with Crippen LogP contribution < -0.4 is 19.3 Å². The van der Waals surface area contributed by atoms with Crippen LogP contribution in [-0.2, 0) is 50.3 Å². The molecule has 1 aliphatic rings. The molecule has 0 aliphatic carbocycles. The molecule has 12 nitrogen and oxygen atoms in total. The molecule has 1 heterocycles. The van der Waals surface area contributed by atoms with Gasteiger partial charge in [0.25, 0.3) is 20.0 Å². The van der Waals surface area contributed by atoms with Gasteiger partial charge in [0.1, 0.15) is 30.0 Å². The molecule has 2 N–H and O–H groups in total. The van der Waals surface area contributed by atoms with Gasteiger partial charge in [-0.15, -0.1) is 15.9 Å². The van der Waals surface area contributed by atoms with Gasteiger partial charge in [-0.1, -0.05) is 135 Å². The first-order valence-corrected chi connectivity index (χ1v) is 29.5. The van der Waals surface area contributed by atoms with Crippen LogP contribution in [0.5, 0.6) is 11.5 Å². The van der Waals surface area contributed by atoms with Gasteiger partial charge < -0.3 is 19.3 Å². The number of rotatable bonds is 21. The number of hydrogen-bond acceptors (Lipinski definition) is 11. The SMILES string of the molecule is C=C(C)C(=O)OCCOC(=O)C(CC(=O)O)Sc1c(F)c(F)c(S(=O)(=O)NS(=O)(=O)c2ccccc2C2=c3cc/c(=C\c4c(C(C)C)cccc4C(C)C)cc3Oc3cc(Cc4c(C(C)C)cccc4C(C)C)ccc32)c(F)c1F. The number of carboxylic acids is 1. The van der Waals surface area contributed by atoms with E-state index >= 15 is 17.6 Å². The zero-order chi connectivity index (χ0) is 58.7. The second kappa shape index (κ2) is 24.8. The van der Waals surface area contributed by atoms with E-state index in [0.29, 0.717) is 28.7 Å². The summed E-state index contributed by atoms with van der Waals surface area (Å²) in [6, 6.07) is 28.7. The molecule has 0 aromatic heterocycles. The summed E-state index contributed by atoms with van der Waals surface area (Å²) in [5.41, 5.74) is 8.26. The summed E-state index contributed by atoms with van der Waals surface area (Å²) in [4.78, 5) is 31.5. The fourth-order valence-electron chi connectivity index (χ4n) is 9.53. The predicted octanol–water partition coefficient (Wildman–Crippen LogP) is 11.8. The second-order valence-corrected chi connectivity index (χ2v) is 25.3. The fourth-order valence-corrected chi connectivity index (χ4v) is 13.8. The van der Waals surface area contributed by atoms with Gasteiger partial charge >= 0.3 is 17.9 Å². The topological polar surface area (TPSA) is 179 Å². The van der Waals surface area contributed by atoms with Gasteiger partial charge in [-0.2, -0.15) is 0 Å². The molecule has 0 saturated heterocycles. The van der Waals surface area contributed by atoms with Gasteiger partial charge in [0.2, 0.25) is 0 Å². The third kappa shape index (κ3) is 13.1. The quantitative estimate of drug-likeness (QED) is 0.0174. The van der Waals surface area contributed by atoms with Crippen LogP contribution in [0.3, 0.4) is 0 Å². The first-order valence-electron chi connectivity index (χ1n) is 25.7. The largest absolute Gasteiger partial charge is 0.481 e. The van der Waals surface area contributed by atoms with Crippen molar-refractivity contribution < 1.29 is 68.1 Å². The normalized spacial score (nSPS) is 13.1. The van der Waals surface area contributed by atoms with E-state index in [1.807, 2.05) is 36.4 Å². The van der Waals surface area contributed by atoms with Crippen molar-refractivity contribution in [2.45, 2.75) is 119 Å².